The standard InChI is InChI=1S/C17H17FN2O3S/c1-11-9-14(13-3-6-15(18)7-4-13)5-8-16(11)24(21,22)20-17-10-12(2)23-19-17/h3-10,21-22H,1-2H3,(H,19,20). The van der Waals surface area contributed by atoms with Gasteiger partial charge in [-0.15, -0.1) is 0 Å². The van der Waals surface area contributed by atoms with Crippen LogP contribution in [0.5, 0.6) is 0 Å². The summed E-state index contributed by atoms with van der Waals surface area (Å²) in [5, 5.41) is 3.71. The topological polar surface area (TPSA) is 78.5 Å². The van der Waals surface area contributed by atoms with Crippen LogP contribution in [0.25, 0.3) is 11.1 Å². The number of nitrogens with zero attached hydrogens (tertiary/aromatic N) is 1. The van der Waals surface area contributed by atoms with Crippen molar-refractivity contribution in [1.82, 2.24) is 5.16 Å². The maximum absolute atomic E-state index is 13.0. The van der Waals surface area contributed by atoms with Crippen molar-refractivity contribution in [2.75, 3.05) is 4.72 Å². The van der Waals surface area contributed by atoms with Crippen LogP contribution in [-0.4, -0.2) is 14.3 Å². The zero-order valence-electron chi connectivity index (χ0n) is 13.2. The molecule has 2 aromatic carbocycles. The highest BCUT2D eigenvalue weighted by molar-refractivity contribution is 8.25. The fraction of sp³-hybridized carbons (Fsp3) is 0.118. The number of hydrogen-bond donors (Lipinski definition) is 3. The molecule has 3 rings (SSSR count). The van der Waals surface area contributed by atoms with Gasteiger partial charge in [0.15, 0.2) is 5.82 Å². The number of hydrogen-bond acceptors (Lipinski definition) is 5. The molecule has 0 atom stereocenters. The molecule has 0 aliphatic rings. The quantitative estimate of drug-likeness (QED) is 0.601. The molecule has 126 valence electrons. The second kappa shape index (κ2) is 6.27. The van der Waals surface area contributed by atoms with Gasteiger partial charge in [0.25, 0.3) is 0 Å². The molecule has 0 aliphatic carbocycles. The normalized spacial score (nSPS) is 12.2. The van der Waals surface area contributed by atoms with Crippen molar-refractivity contribution in [3.05, 3.63) is 65.7 Å². The van der Waals surface area contributed by atoms with E-state index in [0.29, 0.717) is 16.2 Å². The fourth-order valence-electron chi connectivity index (χ4n) is 2.41. The Morgan fingerprint density at radius 1 is 1.00 bits per heavy atom. The van der Waals surface area contributed by atoms with Crippen LogP contribution in [0.15, 0.2) is 57.9 Å². The number of aryl methyl sites for hydroxylation is 2. The Hall–Kier alpha value is -2.35. The first-order valence-corrected chi connectivity index (χ1v) is 8.76. The minimum Gasteiger partial charge on any atom is -0.360 e. The van der Waals surface area contributed by atoms with E-state index in [4.69, 9.17) is 4.52 Å². The summed E-state index contributed by atoms with van der Waals surface area (Å²) in [6.07, 6.45) is 0. The third kappa shape index (κ3) is 3.43. The minimum absolute atomic E-state index is 0.259. The Morgan fingerprint density at radius 2 is 1.67 bits per heavy atom. The summed E-state index contributed by atoms with van der Waals surface area (Å²) < 4.78 is 41.4. The van der Waals surface area contributed by atoms with Crippen molar-refractivity contribution in [3.8, 4) is 11.1 Å². The highest BCUT2D eigenvalue weighted by Gasteiger charge is 2.20. The van der Waals surface area contributed by atoms with Crippen LogP contribution >= 0.6 is 10.8 Å². The van der Waals surface area contributed by atoms with E-state index in [-0.39, 0.29) is 11.6 Å². The number of rotatable bonds is 4. The molecule has 3 N–H and O–H groups in total. The molecule has 0 saturated heterocycles. The first kappa shape index (κ1) is 16.5. The van der Waals surface area contributed by atoms with E-state index in [1.807, 2.05) is 6.07 Å². The highest BCUT2D eigenvalue weighted by atomic mass is 32.3. The molecule has 7 heteroatoms. The third-order valence-electron chi connectivity index (χ3n) is 3.53. The summed E-state index contributed by atoms with van der Waals surface area (Å²) in [7, 11) is -3.27. The Kier molecular flexibility index (Phi) is 4.31. The van der Waals surface area contributed by atoms with E-state index in [1.54, 1.807) is 44.2 Å². The van der Waals surface area contributed by atoms with E-state index < -0.39 is 10.8 Å². The van der Waals surface area contributed by atoms with Gasteiger partial charge in [-0.1, -0.05) is 34.1 Å². The van der Waals surface area contributed by atoms with Crippen molar-refractivity contribution >= 4 is 16.6 Å². The molecule has 1 aromatic heterocycles. The fourth-order valence-corrected chi connectivity index (χ4v) is 3.67. The lowest BCUT2D eigenvalue weighted by atomic mass is 10.0. The van der Waals surface area contributed by atoms with Gasteiger partial charge in [0.05, 0.1) is 4.90 Å². The van der Waals surface area contributed by atoms with Gasteiger partial charge in [0.1, 0.15) is 11.6 Å². The van der Waals surface area contributed by atoms with Crippen LogP contribution in [0.1, 0.15) is 11.3 Å². The van der Waals surface area contributed by atoms with Gasteiger partial charge in [-0.3, -0.25) is 13.8 Å². The minimum atomic E-state index is -3.27. The lowest BCUT2D eigenvalue weighted by Crippen LogP contribution is -2.11. The van der Waals surface area contributed by atoms with Crippen LogP contribution in [-0.2, 0) is 0 Å². The Bertz CT molecular complexity index is 863. The van der Waals surface area contributed by atoms with E-state index in [9.17, 15) is 13.5 Å². The number of aromatic nitrogens is 1. The molecule has 0 bridgehead atoms. The van der Waals surface area contributed by atoms with Crippen molar-refractivity contribution < 1.29 is 18.0 Å². The summed E-state index contributed by atoms with van der Waals surface area (Å²) in [4.78, 5) is 0.369. The lowest BCUT2D eigenvalue weighted by molar-refractivity contribution is 0.399. The first-order valence-electron chi connectivity index (χ1n) is 7.21. The number of benzene rings is 2. The molecule has 3 aromatic rings. The molecule has 24 heavy (non-hydrogen) atoms. The Morgan fingerprint density at radius 3 is 2.25 bits per heavy atom. The largest absolute Gasteiger partial charge is 0.360 e. The van der Waals surface area contributed by atoms with Crippen LogP contribution < -0.4 is 4.72 Å². The molecule has 5 nitrogen and oxygen atoms in total. The van der Waals surface area contributed by atoms with Crippen LogP contribution in [0, 0.1) is 19.7 Å². The molecular formula is C17H17FN2O3S. The molecule has 0 unspecified atom stereocenters. The predicted octanol–water partition coefficient (Wildman–Crippen LogP) is 5.23. The monoisotopic (exact) mass is 348 g/mol. The average molecular weight is 348 g/mol. The molecule has 0 spiro atoms. The summed E-state index contributed by atoms with van der Waals surface area (Å²) in [5.74, 6) is 0.527. The maximum atomic E-state index is 13.0. The molecule has 1 heterocycles. The SMILES string of the molecule is Cc1cc(NS(O)(O)c2ccc(-c3ccc(F)cc3)cc2C)no1. The maximum Gasteiger partial charge on any atom is 0.187 e. The van der Waals surface area contributed by atoms with Crippen LogP contribution in [0.2, 0.25) is 0 Å². The molecular weight excluding hydrogens is 331 g/mol. The highest BCUT2D eigenvalue weighted by Crippen LogP contribution is 2.49. The van der Waals surface area contributed by atoms with Crippen LogP contribution in [0.4, 0.5) is 10.2 Å². The van der Waals surface area contributed by atoms with Gasteiger partial charge in [-0.25, -0.2) is 4.39 Å². The van der Waals surface area contributed by atoms with Gasteiger partial charge in [0, 0.05) is 6.07 Å². The zero-order chi connectivity index (χ0) is 17.3. The number of nitrogens with one attached hydrogen (secondary N) is 1. The summed E-state index contributed by atoms with van der Waals surface area (Å²) in [5.41, 5.74) is 2.41. The van der Waals surface area contributed by atoms with E-state index >= 15 is 0 Å². The second-order valence-electron chi connectivity index (χ2n) is 5.46. The summed E-state index contributed by atoms with van der Waals surface area (Å²) >= 11 is 0. The molecule has 0 fully saturated rings. The van der Waals surface area contributed by atoms with Crippen molar-refractivity contribution in [2.45, 2.75) is 18.7 Å². The Labute approximate surface area is 140 Å². The summed E-state index contributed by atoms with van der Waals surface area (Å²) in [6.45, 7) is 3.50. The van der Waals surface area contributed by atoms with Crippen molar-refractivity contribution in [1.29, 1.82) is 0 Å². The van der Waals surface area contributed by atoms with Crippen LogP contribution in [0.3, 0.4) is 0 Å². The Balaban J connectivity index is 1.89. The number of halogens is 1. The van der Waals surface area contributed by atoms with Gasteiger partial charge < -0.3 is 4.52 Å². The van der Waals surface area contributed by atoms with E-state index in [1.165, 1.54) is 12.1 Å². The van der Waals surface area contributed by atoms with Crippen molar-refractivity contribution in [2.24, 2.45) is 0 Å². The molecule has 0 radical (unpaired) electrons. The second-order valence-corrected chi connectivity index (χ2v) is 7.20. The van der Waals surface area contributed by atoms with Gasteiger partial charge in [-0.05, 0) is 54.8 Å². The molecule has 0 amide bonds. The smallest absolute Gasteiger partial charge is 0.187 e. The molecule has 0 saturated carbocycles. The molecule has 0 aliphatic heterocycles. The lowest BCUT2D eigenvalue weighted by Gasteiger charge is -2.33. The van der Waals surface area contributed by atoms with Gasteiger partial charge >= 0.3 is 0 Å². The van der Waals surface area contributed by atoms with E-state index in [0.717, 1.165) is 11.1 Å². The van der Waals surface area contributed by atoms with Gasteiger partial charge in [0.2, 0.25) is 0 Å². The zero-order valence-corrected chi connectivity index (χ0v) is 14.0. The summed E-state index contributed by atoms with van der Waals surface area (Å²) in [6, 6.07) is 12.9. The van der Waals surface area contributed by atoms with Gasteiger partial charge in [-0.2, -0.15) is 0 Å². The average Bonchev–Trinajstić information content (AvgIpc) is 2.92. The van der Waals surface area contributed by atoms with Crippen molar-refractivity contribution in [3.63, 3.8) is 0 Å². The number of anilines is 1. The third-order valence-corrected chi connectivity index (χ3v) is 5.10. The van der Waals surface area contributed by atoms with E-state index in [2.05, 4.69) is 9.88 Å². The predicted molar refractivity (Wildman–Crippen MR) is 92.6 cm³/mol. The first-order chi connectivity index (χ1) is 11.3.